The van der Waals surface area contributed by atoms with E-state index in [1.165, 1.54) is 32.1 Å². The Morgan fingerprint density at radius 1 is 1.24 bits per heavy atom. The second-order valence-corrected chi connectivity index (χ2v) is 5.58. The molecular formula is C15H21ClO. The Morgan fingerprint density at radius 3 is 2.65 bits per heavy atom. The Labute approximate surface area is 109 Å². The van der Waals surface area contributed by atoms with Crippen LogP contribution in [0, 0.1) is 5.92 Å². The second-order valence-electron chi connectivity index (χ2n) is 5.18. The fourth-order valence-corrected chi connectivity index (χ4v) is 2.96. The molecule has 17 heavy (non-hydrogen) atoms. The Balaban J connectivity index is 1.76. The molecule has 0 saturated heterocycles. The first-order chi connectivity index (χ1) is 8.25. The largest absolute Gasteiger partial charge is 0.393 e. The molecule has 2 rings (SSSR count). The predicted octanol–water partition coefficient (Wildman–Crippen LogP) is 4.21. The first-order valence-electron chi connectivity index (χ1n) is 6.67. The van der Waals surface area contributed by atoms with Crippen LogP contribution >= 0.6 is 11.6 Å². The minimum Gasteiger partial charge on any atom is -0.393 e. The van der Waals surface area contributed by atoms with Gasteiger partial charge in [0.2, 0.25) is 0 Å². The molecule has 1 aromatic carbocycles. The molecular weight excluding hydrogens is 232 g/mol. The van der Waals surface area contributed by atoms with Gasteiger partial charge in [-0.2, -0.15) is 0 Å². The van der Waals surface area contributed by atoms with Crippen molar-refractivity contribution in [3.63, 3.8) is 0 Å². The van der Waals surface area contributed by atoms with E-state index in [4.69, 9.17) is 11.6 Å². The molecule has 0 aliphatic heterocycles. The van der Waals surface area contributed by atoms with Crippen LogP contribution in [0.5, 0.6) is 0 Å². The minimum atomic E-state index is -0.240. The third kappa shape index (κ3) is 4.01. The van der Waals surface area contributed by atoms with Crippen molar-refractivity contribution in [3.8, 4) is 0 Å². The van der Waals surface area contributed by atoms with Gasteiger partial charge in [-0.15, -0.1) is 0 Å². The molecule has 1 N–H and O–H groups in total. The molecule has 0 heterocycles. The number of hydrogen-bond acceptors (Lipinski definition) is 1. The van der Waals surface area contributed by atoms with Crippen molar-refractivity contribution >= 4 is 11.6 Å². The van der Waals surface area contributed by atoms with Crippen molar-refractivity contribution < 1.29 is 5.11 Å². The lowest BCUT2D eigenvalue weighted by atomic mass is 9.97. The van der Waals surface area contributed by atoms with Crippen molar-refractivity contribution in [2.45, 2.75) is 51.0 Å². The molecule has 1 aromatic rings. The highest BCUT2D eigenvalue weighted by Gasteiger charge is 2.16. The zero-order valence-electron chi connectivity index (χ0n) is 10.2. The van der Waals surface area contributed by atoms with E-state index in [1.807, 2.05) is 24.3 Å². The fraction of sp³-hybridized carbons (Fsp3) is 0.600. The van der Waals surface area contributed by atoms with Gasteiger partial charge in [0, 0.05) is 5.02 Å². The highest BCUT2D eigenvalue weighted by atomic mass is 35.5. The summed E-state index contributed by atoms with van der Waals surface area (Å²) in [6, 6.07) is 7.79. The molecule has 1 saturated carbocycles. The average Bonchev–Trinajstić information content (AvgIpc) is 2.82. The van der Waals surface area contributed by atoms with Crippen LogP contribution in [-0.4, -0.2) is 11.2 Å². The highest BCUT2D eigenvalue weighted by Crippen LogP contribution is 2.29. The topological polar surface area (TPSA) is 20.2 Å². The van der Waals surface area contributed by atoms with Gasteiger partial charge in [-0.1, -0.05) is 55.5 Å². The van der Waals surface area contributed by atoms with Crippen LogP contribution < -0.4 is 0 Å². The third-order valence-corrected chi connectivity index (χ3v) is 4.16. The van der Waals surface area contributed by atoms with Gasteiger partial charge in [0.1, 0.15) is 0 Å². The number of aliphatic hydroxyl groups excluding tert-OH is 1. The molecule has 1 aliphatic rings. The zero-order chi connectivity index (χ0) is 12.1. The van der Waals surface area contributed by atoms with Crippen LogP contribution in [0.25, 0.3) is 0 Å². The van der Waals surface area contributed by atoms with Crippen LogP contribution in [-0.2, 0) is 6.42 Å². The maximum absolute atomic E-state index is 10.0. The van der Waals surface area contributed by atoms with E-state index in [-0.39, 0.29) is 6.10 Å². The summed E-state index contributed by atoms with van der Waals surface area (Å²) in [5.41, 5.74) is 1.06. The van der Waals surface area contributed by atoms with Gasteiger partial charge in [0.25, 0.3) is 0 Å². The van der Waals surface area contributed by atoms with E-state index in [0.717, 1.165) is 22.9 Å². The third-order valence-electron chi connectivity index (χ3n) is 3.80. The number of rotatable bonds is 5. The number of benzene rings is 1. The van der Waals surface area contributed by atoms with E-state index in [1.54, 1.807) is 0 Å². The average molecular weight is 253 g/mol. The lowest BCUT2D eigenvalue weighted by Gasteiger charge is -2.14. The smallest absolute Gasteiger partial charge is 0.0581 e. The van der Waals surface area contributed by atoms with Crippen molar-refractivity contribution in [2.24, 2.45) is 5.92 Å². The van der Waals surface area contributed by atoms with Crippen LogP contribution in [0.4, 0.5) is 0 Å². The monoisotopic (exact) mass is 252 g/mol. The van der Waals surface area contributed by atoms with E-state index in [2.05, 4.69) is 0 Å². The Kier molecular flexibility index (Phi) is 4.87. The van der Waals surface area contributed by atoms with Gasteiger partial charge in [0.15, 0.2) is 0 Å². The molecule has 1 atom stereocenters. The molecule has 0 radical (unpaired) electrons. The summed E-state index contributed by atoms with van der Waals surface area (Å²) in [6.45, 7) is 0. The maximum atomic E-state index is 10.0. The fourth-order valence-electron chi connectivity index (χ4n) is 2.75. The van der Waals surface area contributed by atoms with Crippen molar-refractivity contribution in [1.82, 2.24) is 0 Å². The maximum Gasteiger partial charge on any atom is 0.0581 e. The SMILES string of the molecule is OC(CCC1CCCC1)Cc1ccccc1Cl. The second kappa shape index (κ2) is 6.42. The Morgan fingerprint density at radius 2 is 1.94 bits per heavy atom. The predicted molar refractivity (Wildman–Crippen MR) is 72.4 cm³/mol. The number of halogens is 1. The molecule has 1 aliphatic carbocycles. The molecule has 1 fully saturated rings. The van der Waals surface area contributed by atoms with E-state index in [9.17, 15) is 5.11 Å². The molecule has 0 aromatic heterocycles. The van der Waals surface area contributed by atoms with Gasteiger partial charge in [-0.05, 0) is 36.8 Å². The van der Waals surface area contributed by atoms with Crippen molar-refractivity contribution in [1.29, 1.82) is 0 Å². The van der Waals surface area contributed by atoms with Crippen LogP contribution in [0.15, 0.2) is 24.3 Å². The lowest BCUT2D eigenvalue weighted by Crippen LogP contribution is -2.12. The van der Waals surface area contributed by atoms with Gasteiger partial charge in [-0.25, -0.2) is 0 Å². The summed E-state index contributed by atoms with van der Waals surface area (Å²) in [7, 11) is 0. The summed E-state index contributed by atoms with van der Waals surface area (Å²) in [5, 5.41) is 10.8. The molecule has 1 nitrogen and oxygen atoms in total. The van der Waals surface area contributed by atoms with E-state index < -0.39 is 0 Å². The first kappa shape index (κ1) is 12.9. The summed E-state index contributed by atoms with van der Waals surface area (Å²) in [4.78, 5) is 0. The highest BCUT2D eigenvalue weighted by molar-refractivity contribution is 6.31. The summed E-state index contributed by atoms with van der Waals surface area (Å²) in [6.07, 6.45) is 8.01. The molecule has 2 heteroatoms. The summed E-state index contributed by atoms with van der Waals surface area (Å²) >= 11 is 6.08. The van der Waals surface area contributed by atoms with Crippen LogP contribution in [0.3, 0.4) is 0 Å². The van der Waals surface area contributed by atoms with Gasteiger partial charge >= 0.3 is 0 Å². The van der Waals surface area contributed by atoms with Gasteiger partial charge in [0.05, 0.1) is 6.10 Å². The summed E-state index contributed by atoms with van der Waals surface area (Å²) < 4.78 is 0. The Hall–Kier alpha value is -0.530. The molecule has 94 valence electrons. The molecule has 0 bridgehead atoms. The lowest BCUT2D eigenvalue weighted by molar-refractivity contribution is 0.155. The van der Waals surface area contributed by atoms with Gasteiger partial charge in [-0.3, -0.25) is 0 Å². The normalized spacial score (nSPS) is 18.5. The van der Waals surface area contributed by atoms with Crippen LogP contribution in [0.2, 0.25) is 5.02 Å². The zero-order valence-corrected chi connectivity index (χ0v) is 11.0. The Bertz CT molecular complexity index is 345. The molecule has 1 unspecified atom stereocenters. The quantitative estimate of drug-likeness (QED) is 0.832. The van der Waals surface area contributed by atoms with Crippen molar-refractivity contribution in [3.05, 3.63) is 34.9 Å². The van der Waals surface area contributed by atoms with E-state index >= 15 is 0 Å². The molecule has 0 spiro atoms. The first-order valence-corrected chi connectivity index (χ1v) is 7.05. The van der Waals surface area contributed by atoms with Crippen molar-refractivity contribution in [2.75, 3.05) is 0 Å². The van der Waals surface area contributed by atoms with Gasteiger partial charge < -0.3 is 5.11 Å². The standard InChI is InChI=1S/C15H21ClO/c16-15-8-4-3-7-13(15)11-14(17)10-9-12-5-1-2-6-12/h3-4,7-8,12,14,17H,1-2,5-6,9-11H2. The number of hydrogen-bond donors (Lipinski definition) is 1. The van der Waals surface area contributed by atoms with Crippen LogP contribution in [0.1, 0.15) is 44.1 Å². The minimum absolute atomic E-state index is 0.240. The molecule has 0 amide bonds. The summed E-state index contributed by atoms with van der Waals surface area (Å²) in [5.74, 6) is 0.857. The number of aliphatic hydroxyl groups is 1. The van der Waals surface area contributed by atoms with E-state index in [0.29, 0.717) is 6.42 Å².